The molecule has 0 atom stereocenters. The standard InChI is InChI=1S/C25H25BrN2O3/c1-18-12-13-23(21(26)16-18)31-17-24(29)28(2)22-11-7-6-10-20(22)25(30)27-15-14-19-8-4-3-5-9-19/h3-13,16H,14-15,17H2,1-2H3,(H,27,30). The Hall–Kier alpha value is -3.12. The molecule has 0 unspecified atom stereocenters. The number of rotatable bonds is 8. The number of carbonyl (C=O) groups is 2. The summed E-state index contributed by atoms with van der Waals surface area (Å²) < 4.78 is 6.46. The molecule has 0 fully saturated rings. The highest BCUT2D eigenvalue weighted by Gasteiger charge is 2.19. The maximum Gasteiger partial charge on any atom is 0.264 e. The quantitative estimate of drug-likeness (QED) is 0.504. The van der Waals surface area contributed by atoms with E-state index in [9.17, 15) is 9.59 Å². The molecule has 1 N–H and O–H groups in total. The summed E-state index contributed by atoms with van der Waals surface area (Å²) in [6.07, 6.45) is 0.739. The lowest BCUT2D eigenvalue weighted by Crippen LogP contribution is -2.34. The first-order valence-electron chi connectivity index (χ1n) is 10.0. The minimum Gasteiger partial charge on any atom is -0.483 e. The van der Waals surface area contributed by atoms with Crippen molar-refractivity contribution in [3.8, 4) is 5.75 Å². The summed E-state index contributed by atoms with van der Waals surface area (Å²) in [5.41, 5.74) is 3.23. The van der Waals surface area contributed by atoms with Crippen LogP contribution < -0.4 is 15.0 Å². The van der Waals surface area contributed by atoms with Crippen molar-refractivity contribution < 1.29 is 14.3 Å². The van der Waals surface area contributed by atoms with Gasteiger partial charge in [-0.3, -0.25) is 9.59 Å². The van der Waals surface area contributed by atoms with Crippen molar-refractivity contribution in [2.45, 2.75) is 13.3 Å². The van der Waals surface area contributed by atoms with E-state index >= 15 is 0 Å². The molecule has 0 bridgehead atoms. The summed E-state index contributed by atoms with van der Waals surface area (Å²) >= 11 is 3.45. The highest BCUT2D eigenvalue weighted by molar-refractivity contribution is 9.10. The van der Waals surface area contributed by atoms with Gasteiger partial charge in [-0.1, -0.05) is 48.5 Å². The van der Waals surface area contributed by atoms with E-state index in [1.54, 1.807) is 31.3 Å². The van der Waals surface area contributed by atoms with Gasteiger partial charge in [-0.25, -0.2) is 0 Å². The molecule has 3 aromatic carbocycles. The van der Waals surface area contributed by atoms with Crippen molar-refractivity contribution in [3.63, 3.8) is 0 Å². The summed E-state index contributed by atoms with van der Waals surface area (Å²) in [4.78, 5) is 26.9. The molecule has 0 heterocycles. The normalized spacial score (nSPS) is 10.4. The van der Waals surface area contributed by atoms with Crippen molar-refractivity contribution in [1.29, 1.82) is 0 Å². The van der Waals surface area contributed by atoms with Crippen LogP contribution in [0.3, 0.4) is 0 Å². The van der Waals surface area contributed by atoms with Crippen LogP contribution in [0.2, 0.25) is 0 Å². The Kier molecular flexibility index (Phi) is 7.84. The second kappa shape index (κ2) is 10.8. The molecule has 0 aromatic heterocycles. The van der Waals surface area contributed by atoms with Gasteiger partial charge in [0, 0.05) is 13.6 Å². The average Bonchev–Trinajstić information content (AvgIpc) is 2.78. The summed E-state index contributed by atoms with van der Waals surface area (Å²) in [5, 5.41) is 2.94. The number of benzene rings is 3. The van der Waals surface area contributed by atoms with Crippen LogP contribution in [0.5, 0.6) is 5.75 Å². The number of para-hydroxylation sites is 1. The number of amides is 2. The predicted molar refractivity (Wildman–Crippen MR) is 127 cm³/mol. The van der Waals surface area contributed by atoms with Crippen LogP contribution in [0.4, 0.5) is 5.69 Å². The van der Waals surface area contributed by atoms with Crippen LogP contribution in [0.25, 0.3) is 0 Å². The van der Waals surface area contributed by atoms with Crippen molar-refractivity contribution >= 4 is 33.4 Å². The van der Waals surface area contributed by atoms with E-state index in [4.69, 9.17) is 4.74 Å². The fourth-order valence-electron chi connectivity index (χ4n) is 3.11. The van der Waals surface area contributed by atoms with E-state index in [0.717, 1.165) is 22.0 Å². The maximum absolute atomic E-state index is 12.8. The molecule has 5 nitrogen and oxygen atoms in total. The van der Waals surface area contributed by atoms with Crippen molar-refractivity contribution in [1.82, 2.24) is 5.32 Å². The third-order valence-corrected chi connectivity index (χ3v) is 5.48. The Morgan fingerprint density at radius 2 is 1.71 bits per heavy atom. The Balaban J connectivity index is 1.62. The lowest BCUT2D eigenvalue weighted by molar-refractivity contribution is -0.120. The number of hydrogen-bond acceptors (Lipinski definition) is 3. The molecule has 3 aromatic rings. The minimum absolute atomic E-state index is 0.137. The SMILES string of the molecule is Cc1ccc(OCC(=O)N(C)c2ccccc2C(=O)NCCc2ccccc2)c(Br)c1. The van der Waals surface area contributed by atoms with Gasteiger partial charge in [-0.05, 0) is 64.7 Å². The van der Waals surface area contributed by atoms with Crippen molar-refractivity contribution in [3.05, 3.63) is 94.0 Å². The molecule has 0 aliphatic heterocycles. The van der Waals surface area contributed by atoms with Crippen LogP contribution in [-0.4, -0.2) is 32.0 Å². The molecule has 160 valence electrons. The lowest BCUT2D eigenvalue weighted by Gasteiger charge is -2.21. The third kappa shape index (κ3) is 6.18. The number of nitrogens with one attached hydrogen (secondary N) is 1. The molecule has 6 heteroatoms. The number of nitrogens with zero attached hydrogens (tertiary/aromatic N) is 1. The lowest BCUT2D eigenvalue weighted by atomic mass is 10.1. The number of halogens is 1. The molecule has 3 rings (SSSR count). The molecule has 0 aliphatic rings. The molecule has 2 amide bonds. The van der Waals surface area contributed by atoms with Gasteiger partial charge >= 0.3 is 0 Å². The van der Waals surface area contributed by atoms with Crippen LogP contribution in [0.15, 0.2) is 77.3 Å². The molecule has 0 spiro atoms. The molecular formula is C25H25BrN2O3. The van der Waals surface area contributed by atoms with Gasteiger partial charge in [0.1, 0.15) is 5.75 Å². The largest absolute Gasteiger partial charge is 0.483 e. The summed E-state index contributed by atoms with van der Waals surface area (Å²) in [7, 11) is 1.64. The second-order valence-corrected chi connectivity index (χ2v) is 8.04. The van der Waals surface area contributed by atoms with Crippen molar-refractivity contribution in [2.75, 3.05) is 25.1 Å². The van der Waals surface area contributed by atoms with Crippen LogP contribution in [0, 0.1) is 6.92 Å². The third-order valence-electron chi connectivity index (χ3n) is 4.86. The van der Waals surface area contributed by atoms with Gasteiger partial charge in [-0.2, -0.15) is 0 Å². The summed E-state index contributed by atoms with van der Waals surface area (Å²) in [6.45, 7) is 2.36. The maximum atomic E-state index is 12.8. The molecular weight excluding hydrogens is 456 g/mol. The minimum atomic E-state index is -0.253. The van der Waals surface area contributed by atoms with E-state index in [-0.39, 0.29) is 18.4 Å². The number of likely N-dealkylation sites (N-methyl/N-ethyl adjacent to an activating group) is 1. The van der Waals surface area contributed by atoms with E-state index in [1.807, 2.05) is 55.5 Å². The first-order chi connectivity index (χ1) is 15.0. The average molecular weight is 481 g/mol. The predicted octanol–water partition coefficient (Wildman–Crippen LogP) is 4.77. The fourth-order valence-corrected chi connectivity index (χ4v) is 3.72. The number of ether oxygens (including phenoxy) is 1. The first-order valence-corrected chi connectivity index (χ1v) is 10.8. The fraction of sp³-hybridized carbons (Fsp3) is 0.200. The number of hydrogen-bond donors (Lipinski definition) is 1. The first kappa shape index (κ1) is 22.6. The van der Waals surface area contributed by atoms with Gasteiger partial charge in [0.15, 0.2) is 6.61 Å². The van der Waals surface area contributed by atoms with Gasteiger partial charge in [-0.15, -0.1) is 0 Å². The Labute approximate surface area is 191 Å². The Bertz CT molecular complexity index is 1050. The topological polar surface area (TPSA) is 58.6 Å². The van der Waals surface area contributed by atoms with Gasteiger partial charge in [0.25, 0.3) is 11.8 Å². The molecule has 0 radical (unpaired) electrons. The van der Waals surface area contributed by atoms with E-state index in [1.165, 1.54) is 4.90 Å². The monoisotopic (exact) mass is 480 g/mol. The highest BCUT2D eigenvalue weighted by atomic mass is 79.9. The van der Waals surface area contributed by atoms with Gasteiger partial charge in [0.2, 0.25) is 0 Å². The zero-order valence-corrected chi connectivity index (χ0v) is 19.2. The van der Waals surface area contributed by atoms with Crippen LogP contribution in [0.1, 0.15) is 21.5 Å². The molecule has 0 saturated carbocycles. The van der Waals surface area contributed by atoms with E-state index in [2.05, 4.69) is 21.2 Å². The molecule has 0 saturated heterocycles. The smallest absolute Gasteiger partial charge is 0.264 e. The number of anilines is 1. The highest BCUT2D eigenvalue weighted by Crippen LogP contribution is 2.26. The van der Waals surface area contributed by atoms with Gasteiger partial charge in [0.05, 0.1) is 15.7 Å². The number of carbonyl (C=O) groups excluding carboxylic acids is 2. The Morgan fingerprint density at radius 1 is 1.00 bits per heavy atom. The second-order valence-electron chi connectivity index (χ2n) is 7.18. The van der Waals surface area contributed by atoms with E-state index in [0.29, 0.717) is 23.5 Å². The summed E-state index contributed by atoms with van der Waals surface area (Å²) in [5.74, 6) is 0.129. The van der Waals surface area contributed by atoms with Crippen LogP contribution >= 0.6 is 15.9 Å². The van der Waals surface area contributed by atoms with Gasteiger partial charge < -0.3 is 15.0 Å². The van der Waals surface area contributed by atoms with Crippen molar-refractivity contribution in [2.24, 2.45) is 0 Å². The summed E-state index contributed by atoms with van der Waals surface area (Å²) in [6, 6.07) is 22.7. The molecule has 0 aliphatic carbocycles. The van der Waals surface area contributed by atoms with Crippen LogP contribution in [-0.2, 0) is 11.2 Å². The number of aryl methyl sites for hydroxylation is 1. The zero-order valence-electron chi connectivity index (χ0n) is 17.6. The van der Waals surface area contributed by atoms with E-state index < -0.39 is 0 Å². The molecule has 31 heavy (non-hydrogen) atoms. The Morgan fingerprint density at radius 3 is 2.45 bits per heavy atom. The zero-order chi connectivity index (χ0) is 22.2.